The molecule has 1 saturated heterocycles. The van der Waals surface area contributed by atoms with Crippen LogP contribution in [0, 0.1) is 0 Å². The lowest BCUT2D eigenvalue weighted by Crippen LogP contribution is -2.44. The third kappa shape index (κ3) is 3.66. The SMILES string of the molecule is CN(C)C1CCN(C(=O)/C=C/C(=O)O)CC1. The molecule has 1 amide bonds. The van der Waals surface area contributed by atoms with E-state index in [1.807, 2.05) is 14.1 Å². The van der Waals surface area contributed by atoms with Gasteiger partial charge in [0.05, 0.1) is 0 Å². The number of amides is 1. The van der Waals surface area contributed by atoms with Gasteiger partial charge in [0.2, 0.25) is 5.91 Å². The number of nitrogens with zero attached hydrogens (tertiary/aromatic N) is 2. The highest BCUT2D eigenvalue weighted by atomic mass is 16.4. The average molecular weight is 226 g/mol. The summed E-state index contributed by atoms with van der Waals surface area (Å²) in [4.78, 5) is 25.7. The molecule has 1 aliphatic heterocycles. The lowest BCUT2D eigenvalue weighted by Gasteiger charge is -2.34. The standard InChI is InChI=1S/C11H18N2O3/c1-12(2)9-5-7-13(8-6-9)10(14)3-4-11(15)16/h3-4,9H,5-8H2,1-2H3,(H,15,16)/b4-3+. The second kappa shape index (κ2) is 5.65. The molecule has 0 radical (unpaired) electrons. The minimum Gasteiger partial charge on any atom is -0.478 e. The highest BCUT2D eigenvalue weighted by Crippen LogP contribution is 2.14. The van der Waals surface area contributed by atoms with Crippen molar-refractivity contribution in [1.29, 1.82) is 0 Å². The summed E-state index contributed by atoms with van der Waals surface area (Å²) in [5.41, 5.74) is 0. The van der Waals surface area contributed by atoms with Gasteiger partial charge in [0.15, 0.2) is 0 Å². The summed E-state index contributed by atoms with van der Waals surface area (Å²) in [6.07, 6.45) is 3.90. The second-order valence-electron chi connectivity index (χ2n) is 4.19. The molecule has 5 heteroatoms. The van der Waals surface area contributed by atoms with Crippen LogP contribution in [0.1, 0.15) is 12.8 Å². The van der Waals surface area contributed by atoms with E-state index in [9.17, 15) is 9.59 Å². The Hall–Kier alpha value is -1.36. The Morgan fingerprint density at radius 2 is 1.81 bits per heavy atom. The Kier molecular flexibility index (Phi) is 4.49. The highest BCUT2D eigenvalue weighted by molar-refractivity contribution is 5.93. The summed E-state index contributed by atoms with van der Waals surface area (Å²) in [6.45, 7) is 1.40. The maximum Gasteiger partial charge on any atom is 0.328 e. The molecule has 0 aromatic heterocycles. The monoisotopic (exact) mass is 226 g/mol. The predicted molar refractivity (Wildman–Crippen MR) is 60.1 cm³/mol. The Labute approximate surface area is 95.3 Å². The van der Waals surface area contributed by atoms with Gasteiger partial charge >= 0.3 is 5.97 Å². The quantitative estimate of drug-likeness (QED) is 0.697. The van der Waals surface area contributed by atoms with Crippen LogP contribution in [0.3, 0.4) is 0 Å². The van der Waals surface area contributed by atoms with Crippen molar-refractivity contribution < 1.29 is 14.7 Å². The van der Waals surface area contributed by atoms with E-state index >= 15 is 0 Å². The lowest BCUT2D eigenvalue weighted by atomic mass is 10.0. The maximum atomic E-state index is 11.5. The van der Waals surface area contributed by atoms with Crippen molar-refractivity contribution in [2.24, 2.45) is 0 Å². The first-order valence-corrected chi connectivity index (χ1v) is 5.37. The van der Waals surface area contributed by atoms with Crippen LogP contribution in [0.2, 0.25) is 0 Å². The first kappa shape index (κ1) is 12.7. The van der Waals surface area contributed by atoms with Gasteiger partial charge in [0.25, 0.3) is 0 Å². The Morgan fingerprint density at radius 3 is 2.25 bits per heavy atom. The van der Waals surface area contributed by atoms with Crippen LogP contribution in [0.15, 0.2) is 12.2 Å². The third-order valence-electron chi connectivity index (χ3n) is 2.87. The molecule has 1 aliphatic rings. The zero-order valence-electron chi connectivity index (χ0n) is 9.72. The number of carboxylic acid groups (broad SMARTS) is 1. The van der Waals surface area contributed by atoms with Gasteiger partial charge in [-0.05, 0) is 26.9 Å². The molecule has 1 heterocycles. The molecule has 0 atom stereocenters. The number of aliphatic carboxylic acids is 1. The van der Waals surface area contributed by atoms with E-state index in [4.69, 9.17) is 5.11 Å². The first-order valence-electron chi connectivity index (χ1n) is 5.37. The topological polar surface area (TPSA) is 60.9 Å². The number of hydrogen-bond acceptors (Lipinski definition) is 3. The van der Waals surface area contributed by atoms with Crippen LogP contribution in [0.4, 0.5) is 0 Å². The maximum absolute atomic E-state index is 11.5. The Morgan fingerprint density at radius 1 is 1.25 bits per heavy atom. The van der Waals surface area contributed by atoms with Crippen molar-refractivity contribution in [3.05, 3.63) is 12.2 Å². The molecule has 1 rings (SSSR count). The zero-order chi connectivity index (χ0) is 12.1. The molecule has 0 aliphatic carbocycles. The van der Waals surface area contributed by atoms with Crippen LogP contribution in [-0.4, -0.2) is 60.0 Å². The van der Waals surface area contributed by atoms with Gasteiger partial charge in [-0.3, -0.25) is 4.79 Å². The zero-order valence-corrected chi connectivity index (χ0v) is 9.72. The first-order chi connectivity index (χ1) is 7.50. The number of carbonyl (C=O) groups is 2. The summed E-state index contributed by atoms with van der Waals surface area (Å²) < 4.78 is 0. The fourth-order valence-corrected chi connectivity index (χ4v) is 1.85. The van der Waals surface area contributed by atoms with Crippen molar-refractivity contribution in [1.82, 2.24) is 9.80 Å². The summed E-state index contributed by atoms with van der Waals surface area (Å²) in [7, 11) is 4.07. The summed E-state index contributed by atoms with van der Waals surface area (Å²) >= 11 is 0. The molecule has 0 unspecified atom stereocenters. The van der Waals surface area contributed by atoms with Gasteiger partial charge in [-0.2, -0.15) is 0 Å². The third-order valence-corrected chi connectivity index (χ3v) is 2.87. The number of piperidine rings is 1. The molecule has 90 valence electrons. The van der Waals surface area contributed by atoms with E-state index in [0.717, 1.165) is 25.0 Å². The van der Waals surface area contributed by atoms with Crippen molar-refractivity contribution in [3.8, 4) is 0 Å². The summed E-state index contributed by atoms with van der Waals surface area (Å²) in [6, 6.07) is 0.521. The molecule has 0 aromatic carbocycles. The largest absolute Gasteiger partial charge is 0.478 e. The van der Waals surface area contributed by atoms with Gasteiger partial charge < -0.3 is 14.9 Å². The van der Waals surface area contributed by atoms with Crippen molar-refractivity contribution in [3.63, 3.8) is 0 Å². The molecule has 5 nitrogen and oxygen atoms in total. The minimum absolute atomic E-state index is 0.209. The molecular weight excluding hydrogens is 208 g/mol. The molecular formula is C11H18N2O3. The molecule has 1 N–H and O–H groups in total. The van der Waals surface area contributed by atoms with Crippen LogP contribution in [-0.2, 0) is 9.59 Å². The van der Waals surface area contributed by atoms with Crippen LogP contribution >= 0.6 is 0 Å². The van der Waals surface area contributed by atoms with Gasteiger partial charge in [-0.1, -0.05) is 0 Å². The van der Waals surface area contributed by atoms with E-state index in [2.05, 4.69) is 4.90 Å². The second-order valence-corrected chi connectivity index (χ2v) is 4.19. The van der Waals surface area contributed by atoms with Crippen molar-refractivity contribution in [2.45, 2.75) is 18.9 Å². The smallest absolute Gasteiger partial charge is 0.328 e. The predicted octanol–water partition coefficient (Wildman–Crippen LogP) is 0.180. The molecule has 0 saturated carbocycles. The van der Waals surface area contributed by atoms with Crippen LogP contribution in [0.25, 0.3) is 0 Å². The molecule has 1 fully saturated rings. The van der Waals surface area contributed by atoms with E-state index < -0.39 is 5.97 Å². The number of hydrogen-bond donors (Lipinski definition) is 1. The molecule has 0 aromatic rings. The van der Waals surface area contributed by atoms with E-state index in [1.54, 1.807) is 4.90 Å². The average Bonchev–Trinajstić information content (AvgIpc) is 2.26. The number of likely N-dealkylation sites (tertiary alicyclic amines) is 1. The molecule has 16 heavy (non-hydrogen) atoms. The highest BCUT2D eigenvalue weighted by Gasteiger charge is 2.22. The summed E-state index contributed by atoms with van der Waals surface area (Å²) in [5.74, 6) is -1.30. The fourth-order valence-electron chi connectivity index (χ4n) is 1.85. The van der Waals surface area contributed by atoms with Crippen molar-refractivity contribution >= 4 is 11.9 Å². The Balaban J connectivity index is 2.42. The molecule has 0 bridgehead atoms. The minimum atomic E-state index is -1.09. The van der Waals surface area contributed by atoms with E-state index in [1.165, 1.54) is 0 Å². The lowest BCUT2D eigenvalue weighted by molar-refractivity contribution is -0.132. The van der Waals surface area contributed by atoms with Gasteiger partial charge in [0.1, 0.15) is 0 Å². The number of carboxylic acids is 1. The number of carbonyl (C=O) groups excluding carboxylic acids is 1. The number of rotatable bonds is 3. The summed E-state index contributed by atoms with van der Waals surface area (Å²) in [5, 5.41) is 8.41. The van der Waals surface area contributed by atoms with Gasteiger partial charge in [-0.15, -0.1) is 0 Å². The van der Waals surface area contributed by atoms with Gasteiger partial charge in [-0.25, -0.2) is 4.79 Å². The fraction of sp³-hybridized carbons (Fsp3) is 0.636. The van der Waals surface area contributed by atoms with E-state index in [0.29, 0.717) is 19.1 Å². The Bertz CT molecular complexity index is 292. The van der Waals surface area contributed by atoms with Gasteiger partial charge in [0, 0.05) is 31.3 Å². The molecule has 0 spiro atoms. The van der Waals surface area contributed by atoms with Crippen molar-refractivity contribution in [2.75, 3.05) is 27.2 Å². The van der Waals surface area contributed by atoms with Crippen LogP contribution < -0.4 is 0 Å². The van der Waals surface area contributed by atoms with Crippen LogP contribution in [0.5, 0.6) is 0 Å². The van der Waals surface area contributed by atoms with E-state index in [-0.39, 0.29) is 5.91 Å². The normalized spacial score (nSPS) is 18.3.